The van der Waals surface area contributed by atoms with Gasteiger partial charge >= 0.3 is 6.03 Å². The van der Waals surface area contributed by atoms with E-state index in [1.54, 1.807) is 6.20 Å². The molecule has 7 heteroatoms. The Morgan fingerprint density at radius 2 is 1.81 bits per heavy atom. The first-order chi connectivity index (χ1) is 12.9. The van der Waals surface area contributed by atoms with Gasteiger partial charge in [-0.05, 0) is 56.4 Å². The normalized spacial score (nSPS) is 14.0. The summed E-state index contributed by atoms with van der Waals surface area (Å²) in [6.07, 6.45) is 5.28. The second kappa shape index (κ2) is 8.24. The van der Waals surface area contributed by atoms with Crippen molar-refractivity contribution in [3.8, 4) is 0 Å². The van der Waals surface area contributed by atoms with Crippen LogP contribution in [0.5, 0.6) is 0 Å². The average molecular weight is 368 g/mol. The molecule has 144 valence electrons. The Hall–Kier alpha value is -2.83. The number of nitrogens with one attached hydrogen (secondary N) is 2. The SMILES string of the molecule is Cc1ccc(NC(=O)Nc2cnc(N3CCCCC3)nc2N(C)C)cc1C. The van der Waals surface area contributed by atoms with Gasteiger partial charge in [0, 0.05) is 32.9 Å². The summed E-state index contributed by atoms with van der Waals surface area (Å²) in [6.45, 7) is 6.03. The number of aromatic nitrogens is 2. The molecule has 0 spiro atoms. The summed E-state index contributed by atoms with van der Waals surface area (Å²) in [6, 6.07) is 5.53. The summed E-state index contributed by atoms with van der Waals surface area (Å²) in [5.74, 6) is 1.42. The molecule has 27 heavy (non-hydrogen) atoms. The standard InChI is InChI=1S/C20H28N6O/c1-14-8-9-16(12-15(14)2)22-20(27)23-17-13-21-19(24-18(17)25(3)4)26-10-6-5-7-11-26/h8-9,12-13H,5-7,10-11H2,1-4H3,(H2,22,23,27). The Balaban J connectivity index is 1.74. The molecule has 1 fully saturated rings. The molecule has 2 N–H and O–H groups in total. The third-order valence-corrected chi connectivity index (χ3v) is 4.83. The molecule has 1 aromatic heterocycles. The maximum atomic E-state index is 12.4. The highest BCUT2D eigenvalue weighted by Gasteiger charge is 2.17. The van der Waals surface area contributed by atoms with Crippen molar-refractivity contribution in [2.24, 2.45) is 0 Å². The lowest BCUT2D eigenvalue weighted by Crippen LogP contribution is -2.31. The number of carbonyl (C=O) groups is 1. The van der Waals surface area contributed by atoms with Crippen molar-refractivity contribution in [2.45, 2.75) is 33.1 Å². The van der Waals surface area contributed by atoms with Gasteiger partial charge in [0.2, 0.25) is 5.95 Å². The van der Waals surface area contributed by atoms with E-state index in [0.717, 1.165) is 30.3 Å². The number of carbonyl (C=O) groups excluding carboxylic acids is 1. The summed E-state index contributed by atoms with van der Waals surface area (Å²) >= 11 is 0. The lowest BCUT2D eigenvalue weighted by atomic mass is 10.1. The second-order valence-corrected chi connectivity index (χ2v) is 7.23. The molecule has 0 radical (unpaired) electrons. The lowest BCUT2D eigenvalue weighted by Gasteiger charge is -2.28. The van der Waals surface area contributed by atoms with Crippen LogP contribution in [-0.2, 0) is 0 Å². The Morgan fingerprint density at radius 3 is 2.48 bits per heavy atom. The molecular weight excluding hydrogens is 340 g/mol. The summed E-state index contributed by atoms with van der Waals surface area (Å²) in [5.41, 5.74) is 3.67. The van der Waals surface area contributed by atoms with Gasteiger partial charge in [-0.25, -0.2) is 9.78 Å². The topological polar surface area (TPSA) is 73.4 Å². The lowest BCUT2D eigenvalue weighted by molar-refractivity contribution is 0.262. The molecule has 7 nitrogen and oxygen atoms in total. The van der Waals surface area contributed by atoms with Gasteiger partial charge in [0.15, 0.2) is 5.82 Å². The van der Waals surface area contributed by atoms with Crippen LogP contribution in [0.1, 0.15) is 30.4 Å². The maximum Gasteiger partial charge on any atom is 0.323 e. The van der Waals surface area contributed by atoms with Crippen LogP contribution in [0.25, 0.3) is 0 Å². The minimum absolute atomic E-state index is 0.310. The molecule has 2 heterocycles. The fourth-order valence-electron chi connectivity index (χ4n) is 3.14. The number of urea groups is 1. The monoisotopic (exact) mass is 368 g/mol. The number of nitrogens with zero attached hydrogens (tertiary/aromatic N) is 4. The van der Waals surface area contributed by atoms with Crippen LogP contribution in [0.15, 0.2) is 24.4 Å². The molecule has 2 aromatic rings. The van der Waals surface area contributed by atoms with Gasteiger partial charge in [-0.15, -0.1) is 0 Å². The smallest absolute Gasteiger partial charge is 0.323 e. The zero-order chi connectivity index (χ0) is 19.4. The Bertz CT molecular complexity index is 814. The van der Waals surface area contributed by atoms with Crippen molar-refractivity contribution in [2.75, 3.05) is 47.6 Å². The largest absolute Gasteiger partial charge is 0.361 e. The molecule has 0 aliphatic carbocycles. The Morgan fingerprint density at radius 1 is 1.07 bits per heavy atom. The van der Waals surface area contributed by atoms with Crippen LogP contribution in [0, 0.1) is 13.8 Å². The van der Waals surface area contributed by atoms with Crippen LogP contribution >= 0.6 is 0 Å². The van der Waals surface area contributed by atoms with Crippen LogP contribution in [-0.4, -0.2) is 43.2 Å². The molecule has 3 rings (SSSR count). The first-order valence-electron chi connectivity index (χ1n) is 9.38. The van der Waals surface area contributed by atoms with Crippen LogP contribution in [0.2, 0.25) is 0 Å². The molecule has 1 aromatic carbocycles. The van der Waals surface area contributed by atoms with Crippen molar-refractivity contribution in [1.82, 2.24) is 9.97 Å². The van der Waals surface area contributed by atoms with E-state index in [1.165, 1.54) is 24.8 Å². The summed E-state index contributed by atoms with van der Waals surface area (Å²) in [7, 11) is 3.82. The zero-order valence-electron chi connectivity index (χ0n) is 16.5. The maximum absolute atomic E-state index is 12.4. The van der Waals surface area contributed by atoms with Crippen molar-refractivity contribution in [3.63, 3.8) is 0 Å². The van der Waals surface area contributed by atoms with Crippen LogP contribution in [0.3, 0.4) is 0 Å². The van der Waals surface area contributed by atoms with Gasteiger partial charge in [-0.3, -0.25) is 0 Å². The third-order valence-electron chi connectivity index (χ3n) is 4.83. The highest BCUT2D eigenvalue weighted by Crippen LogP contribution is 2.25. The van der Waals surface area contributed by atoms with E-state index in [0.29, 0.717) is 11.5 Å². The number of hydrogen-bond acceptors (Lipinski definition) is 5. The van der Waals surface area contributed by atoms with Gasteiger partial charge in [-0.2, -0.15) is 4.98 Å². The molecule has 0 saturated carbocycles. The van der Waals surface area contributed by atoms with Crippen molar-refractivity contribution in [3.05, 3.63) is 35.5 Å². The Labute approximate surface area is 160 Å². The fourth-order valence-corrected chi connectivity index (χ4v) is 3.14. The minimum Gasteiger partial charge on any atom is -0.361 e. The predicted molar refractivity (Wildman–Crippen MR) is 111 cm³/mol. The molecule has 2 amide bonds. The Kier molecular flexibility index (Phi) is 5.78. The summed E-state index contributed by atoms with van der Waals surface area (Å²) in [4.78, 5) is 25.7. The van der Waals surface area contributed by atoms with E-state index in [1.807, 2.05) is 51.0 Å². The van der Waals surface area contributed by atoms with Crippen LogP contribution in [0.4, 0.5) is 27.9 Å². The van der Waals surface area contributed by atoms with Gasteiger partial charge in [0.25, 0.3) is 0 Å². The van der Waals surface area contributed by atoms with E-state index in [-0.39, 0.29) is 6.03 Å². The summed E-state index contributed by atoms with van der Waals surface area (Å²) < 4.78 is 0. The van der Waals surface area contributed by atoms with E-state index in [4.69, 9.17) is 0 Å². The molecule has 1 aliphatic heterocycles. The number of rotatable bonds is 4. The fraction of sp³-hybridized carbons (Fsp3) is 0.450. The molecule has 0 bridgehead atoms. The van der Waals surface area contributed by atoms with Crippen molar-refractivity contribution < 1.29 is 4.79 Å². The quantitative estimate of drug-likeness (QED) is 0.859. The minimum atomic E-state index is -0.310. The van der Waals surface area contributed by atoms with Crippen molar-refractivity contribution >= 4 is 29.2 Å². The number of aryl methyl sites for hydroxylation is 2. The van der Waals surface area contributed by atoms with Gasteiger partial charge < -0.3 is 20.4 Å². The van der Waals surface area contributed by atoms with Gasteiger partial charge in [0.05, 0.1) is 6.20 Å². The van der Waals surface area contributed by atoms with Crippen LogP contribution < -0.4 is 20.4 Å². The number of piperidine rings is 1. The van der Waals surface area contributed by atoms with Gasteiger partial charge in [-0.1, -0.05) is 6.07 Å². The zero-order valence-corrected chi connectivity index (χ0v) is 16.5. The summed E-state index contributed by atoms with van der Waals surface area (Å²) in [5, 5.41) is 5.74. The molecule has 0 atom stereocenters. The van der Waals surface area contributed by atoms with Crippen molar-refractivity contribution in [1.29, 1.82) is 0 Å². The van der Waals surface area contributed by atoms with E-state index < -0.39 is 0 Å². The molecule has 0 unspecified atom stereocenters. The second-order valence-electron chi connectivity index (χ2n) is 7.23. The first kappa shape index (κ1) is 18.9. The van der Waals surface area contributed by atoms with E-state index in [2.05, 4.69) is 25.5 Å². The predicted octanol–water partition coefficient (Wildman–Crippen LogP) is 3.79. The van der Waals surface area contributed by atoms with E-state index >= 15 is 0 Å². The average Bonchev–Trinajstić information content (AvgIpc) is 2.65. The number of benzene rings is 1. The number of hydrogen-bond donors (Lipinski definition) is 2. The number of amides is 2. The van der Waals surface area contributed by atoms with E-state index in [9.17, 15) is 4.79 Å². The first-order valence-corrected chi connectivity index (χ1v) is 9.38. The number of anilines is 4. The third kappa shape index (κ3) is 4.67. The molecule has 1 saturated heterocycles. The molecule has 1 aliphatic rings. The highest BCUT2D eigenvalue weighted by molar-refractivity contribution is 6.01. The highest BCUT2D eigenvalue weighted by atomic mass is 16.2. The molecular formula is C20H28N6O. The van der Waals surface area contributed by atoms with Gasteiger partial charge in [0.1, 0.15) is 5.69 Å².